The van der Waals surface area contributed by atoms with Crippen LogP contribution in [-0.4, -0.2) is 27.0 Å². The Hall–Kier alpha value is -1.40. The van der Waals surface area contributed by atoms with Crippen LogP contribution in [0.4, 0.5) is 0 Å². The number of thiazole rings is 1. The van der Waals surface area contributed by atoms with Gasteiger partial charge in [-0.3, -0.25) is 4.68 Å². The van der Waals surface area contributed by atoms with Gasteiger partial charge in [-0.15, -0.1) is 11.3 Å². The summed E-state index contributed by atoms with van der Waals surface area (Å²) in [4.78, 5) is 4.53. The quantitative estimate of drug-likeness (QED) is 0.937. The number of hydrogen-bond acceptors (Lipinski definition) is 5. The topological polar surface area (TPSA) is 60.2 Å². The highest BCUT2D eigenvalue weighted by Gasteiger charge is 2.25. The van der Waals surface area contributed by atoms with Crippen LogP contribution in [0.2, 0.25) is 0 Å². The lowest BCUT2D eigenvalue weighted by atomic mass is 9.98. The van der Waals surface area contributed by atoms with Crippen LogP contribution in [0.5, 0.6) is 5.75 Å². The number of aromatic nitrogens is 3. The first-order valence-corrected chi connectivity index (χ1v) is 6.92. The van der Waals surface area contributed by atoms with Crippen molar-refractivity contribution in [3.8, 4) is 5.75 Å². The third-order valence-corrected chi connectivity index (χ3v) is 4.16. The lowest BCUT2D eigenvalue weighted by Gasteiger charge is -2.14. The van der Waals surface area contributed by atoms with Crippen molar-refractivity contribution >= 4 is 11.3 Å². The largest absolute Gasteiger partial charge is 0.493 e. The van der Waals surface area contributed by atoms with Gasteiger partial charge in [-0.2, -0.15) is 5.10 Å². The maximum Gasteiger partial charge on any atom is 0.163 e. The highest BCUT2D eigenvalue weighted by Crippen LogP contribution is 2.32. The van der Waals surface area contributed by atoms with Crippen LogP contribution in [0.3, 0.4) is 0 Å². The fraction of sp³-hybridized carbons (Fsp3) is 0.538. The molecule has 0 spiro atoms. The van der Waals surface area contributed by atoms with E-state index in [1.54, 1.807) is 36.4 Å². The Labute approximate surface area is 116 Å². The number of hydrogen-bond donors (Lipinski definition) is 1. The van der Waals surface area contributed by atoms with Crippen molar-refractivity contribution < 1.29 is 9.84 Å². The van der Waals surface area contributed by atoms with Gasteiger partial charge in [0.2, 0.25) is 0 Å². The summed E-state index contributed by atoms with van der Waals surface area (Å²) in [5.74, 6) is 0.570. The molecule has 0 saturated carbocycles. The van der Waals surface area contributed by atoms with Crippen molar-refractivity contribution in [2.45, 2.75) is 32.3 Å². The lowest BCUT2D eigenvalue weighted by molar-refractivity contribution is 0.200. The third-order valence-electron chi connectivity index (χ3n) is 2.87. The van der Waals surface area contributed by atoms with Gasteiger partial charge in [-0.1, -0.05) is 20.8 Å². The van der Waals surface area contributed by atoms with Gasteiger partial charge in [0.1, 0.15) is 11.8 Å². The summed E-state index contributed by atoms with van der Waals surface area (Å²) in [6, 6.07) is 0. The molecule has 0 radical (unpaired) electrons. The van der Waals surface area contributed by atoms with Gasteiger partial charge in [-0.25, -0.2) is 4.98 Å². The molecule has 0 aromatic carbocycles. The number of methoxy groups -OCH3 is 1. The normalized spacial score (nSPS) is 13.6. The first-order chi connectivity index (χ1) is 8.84. The fourth-order valence-electron chi connectivity index (χ4n) is 1.79. The van der Waals surface area contributed by atoms with Gasteiger partial charge in [-0.05, 0) is 0 Å². The van der Waals surface area contributed by atoms with Crippen LogP contribution in [0.1, 0.15) is 43.3 Å². The molecule has 0 aliphatic carbocycles. The maximum absolute atomic E-state index is 10.5. The number of ether oxygens (including phenoxy) is 1. The average Bonchev–Trinajstić information content (AvgIpc) is 2.93. The van der Waals surface area contributed by atoms with E-state index in [1.165, 1.54) is 0 Å². The minimum atomic E-state index is -0.824. The summed E-state index contributed by atoms with van der Waals surface area (Å²) >= 11 is 1.56. The fourth-order valence-corrected chi connectivity index (χ4v) is 2.72. The number of aliphatic hydroxyl groups excluding tert-OH is 1. The average molecular weight is 281 g/mol. The number of nitrogens with zero attached hydrogens (tertiary/aromatic N) is 3. The third kappa shape index (κ3) is 2.64. The van der Waals surface area contributed by atoms with E-state index in [2.05, 4.69) is 30.9 Å². The number of aliphatic hydroxyl groups is 1. The number of rotatable bonds is 3. The second-order valence-electron chi connectivity index (χ2n) is 5.45. The van der Waals surface area contributed by atoms with Crippen LogP contribution in [0.15, 0.2) is 11.6 Å². The summed E-state index contributed by atoms with van der Waals surface area (Å²) in [6.45, 7) is 6.31. The van der Waals surface area contributed by atoms with E-state index in [-0.39, 0.29) is 5.41 Å². The molecule has 1 unspecified atom stereocenters. The smallest absolute Gasteiger partial charge is 0.163 e. The van der Waals surface area contributed by atoms with E-state index in [4.69, 9.17) is 4.74 Å². The highest BCUT2D eigenvalue weighted by molar-refractivity contribution is 7.09. The first kappa shape index (κ1) is 14.0. The van der Waals surface area contributed by atoms with Crippen LogP contribution in [0, 0.1) is 0 Å². The molecular formula is C13H19N3O2S. The van der Waals surface area contributed by atoms with Crippen molar-refractivity contribution in [3.63, 3.8) is 0 Å². The SMILES string of the molecule is COc1cnn(C)c1C(O)c1csc(C(C)(C)C)n1. The standard InChI is InChI=1S/C13H19N3O2S/c1-13(2,3)12-15-8(7-19-12)11(17)10-9(18-5)6-14-16(10)4/h6-7,11,17H,1-5H3. The summed E-state index contributed by atoms with van der Waals surface area (Å²) in [7, 11) is 3.34. The first-order valence-electron chi connectivity index (χ1n) is 6.04. The van der Waals surface area contributed by atoms with Gasteiger partial charge >= 0.3 is 0 Å². The van der Waals surface area contributed by atoms with Gasteiger partial charge < -0.3 is 9.84 Å². The zero-order chi connectivity index (χ0) is 14.2. The molecule has 19 heavy (non-hydrogen) atoms. The van der Waals surface area contributed by atoms with E-state index in [9.17, 15) is 5.11 Å². The zero-order valence-corrected chi connectivity index (χ0v) is 12.7. The highest BCUT2D eigenvalue weighted by atomic mass is 32.1. The van der Waals surface area contributed by atoms with E-state index in [0.29, 0.717) is 17.1 Å². The predicted octanol–water partition coefficient (Wildman–Crippen LogP) is 2.26. The second kappa shape index (κ2) is 4.94. The molecule has 2 aromatic heterocycles. The van der Waals surface area contributed by atoms with Crippen molar-refractivity contribution in [3.05, 3.63) is 28.0 Å². The molecule has 2 heterocycles. The van der Waals surface area contributed by atoms with E-state index in [1.807, 2.05) is 5.38 Å². The molecule has 2 aromatic rings. The van der Waals surface area contributed by atoms with Crippen molar-refractivity contribution in [1.29, 1.82) is 0 Å². The molecule has 1 atom stereocenters. The van der Waals surface area contributed by atoms with Gasteiger partial charge in [0, 0.05) is 17.8 Å². The molecule has 104 valence electrons. The molecule has 0 saturated heterocycles. The van der Waals surface area contributed by atoms with Crippen molar-refractivity contribution in [2.24, 2.45) is 7.05 Å². The van der Waals surface area contributed by atoms with Gasteiger partial charge in [0.25, 0.3) is 0 Å². The van der Waals surface area contributed by atoms with E-state index >= 15 is 0 Å². The lowest BCUT2D eigenvalue weighted by Crippen LogP contribution is -2.12. The summed E-state index contributed by atoms with van der Waals surface area (Å²) in [5, 5.41) is 17.4. The molecule has 5 nitrogen and oxygen atoms in total. The van der Waals surface area contributed by atoms with E-state index in [0.717, 1.165) is 5.01 Å². The predicted molar refractivity (Wildman–Crippen MR) is 74.6 cm³/mol. The molecule has 0 fully saturated rings. The Morgan fingerprint density at radius 2 is 2.11 bits per heavy atom. The molecule has 2 rings (SSSR count). The van der Waals surface area contributed by atoms with E-state index < -0.39 is 6.10 Å². The monoisotopic (exact) mass is 281 g/mol. The molecule has 0 aliphatic heterocycles. The molecule has 0 aliphatic rings. The number of aryl methyl sites for hydroxylation is 1. The Balaban J connectivity index is 2.36. The maximum atomic E-state index is 10.5. The molecule has 6 heteroatoms. The molecule has 0 amide bonds. The van der Waals surface area contributed by atoms with Gasteiger partial charge in [0.05, 0.1) is 24.0 Å². The Kier molecular flexibility index (Phi) is 3.64. The van der Waals surface area contributed by atoms with Crippen LogP contribution >= 0.6 is 11.3 Å². The Morgan fingerprint density at radius 1 is 1.42 bits per heavy atom. The molecular weight excluding hydrogens is 262 g/mol. The summed E-state index contributed by atoms with van der Waals surface area (Å²) < 4.78 is 6.83. The van der Waals surface area contributed by atoms with Crippen LogP contribution in [0.25, 0.3) is 0 Å². The van der Waals surface area contributed by atoms with Crippen molar-refractivity contribution in [2.75, 3.05) is 7.11 Å². The Bertz CT molecular complexity index is 569. The second-order valence-corrected chi connectivity index (χ2v) is 6.31. The summed E-state index contributed by atoms with van der Waals surface area (Å²) in [5.41, 5.74) is 1.24. The van der Waals surface area contributed by atoms with Gasteiger partial charge in [0.15, 0.2) is 5.75 Å². The molecule has 0 bridgehead atoms. The zero-order valence-electron chi connectivity index (χ0n) is 11.8. The Morgan fingerprint density at radius 3 is 2.63 bits per heavy atom. The minimum absolute atomic E-state index is 0.0147. The van der Waals surface area contributed by atoms with Crippen LogP contribution in [-0.2, 0) is 12.5 Å². The van der Waals surface area contributed by atoms with Crippen LogP contribution < -0.4 is 4.74 Å². The molecule has 1 N–H and O–H groups in total. The summed E-state index contributed by atoms with van der Waals surface area (Å²) in [6.07, 6.45) is 0.769. The van der Waals surface area contributed by atoms with Crippen molar-refractivity contribution in [1.82, 2.24) is 14.8 Å². The minimum Gasteiger partial charge on any atom is -0.493 e.